The molecule has 3 fully saturated rings. The summed E-state index contributed by atoms with van der Waals surface area (Å²) in [5.41, 5.74) is 0. The molecular weight excluding hydrogens is 384 g/mol. The highest BCUT2D eigenvalue weighted by Crippen LogP contribution is 2.38. The molecule has 3 aliphatic rings. The summed E-state index contributed by atoms with van der Waals surface area (Å²) in [5, 5.41) is 4.49. The van der Waals surface area contributed by atoms with Gasteiger partial charge >= 0.3 is 0 Å². The topological polar surface area (TPSA) is 44.5 Å². The van der Waals surface area contributed by atoms with Crippen LogP contribution in [0.4, 0.5) is 0 Å². The standard InChI is InChI=1S/C22H38N4O2S/c1-24(15-18-11-12-18)20-9-4-3-7-19(8-5-10-20)22(27-13-6-14-28-22)16-26-21(29)25(2)17-23-26/h17-20H,3-16H2,1-2H3. The lowest BCUT2D eigenvalue weighted by Gasteiger charge is -2.43. The van der Waals surface area contributed by atoms with Crippen molar-refractivity contribution in [3.63, 3.8) is 0 Å². The van der Waals surface area contributed by atoms with Gasteiger partial charge < -0.3 is 18.9 Å². The fourth-order valence-electron chi connectivity index (χ4n) is 5.18. The van der Waals surface area contributed by atoms with E-state index in [1.807, 2.05) is 16.3 Å². The van der Waals surface area contributed by atoms with Crippen LogP contribution in [-0.2, 0) is 23.1 Å². The SMILES string of the molecule is CN(CC1CC1)C1CCCCC(C2(Cn3ncn(C)c3=S)OCCCO2)CCC1. The second-order valence-electron chi connectivity index (χ2n) is 9.49. The van der Waals surface area contributed by atoms with Gasteiger partial charge in [0.05, 0.1) is 19.8 Å². The van der Waals surface area contributed by atoms with E-state index in [4.69, 9.17) is 21.7 Å². The lowest BCUT2D eigenvalue weighted by molar-refractivity contribution is -0.304. The van der Waals surface area contributed by atoms with E-state index in [9.17, 15) is 0 Å². The summed E-state index contributed by atoms with van der Waals surface area (Å²) in [6, 6.07) is 0.739. The zero-order valence-corrected chi connectivity index (χ0v) is 19.0. The Bertz CT molecular complexity index is 708. The summed E-state index contributed by atoms with van der Waals surface area (Å²) < 4.78 is 17.3. The van der Waals surface area contributed by atoms with Gasteiger partial charge in [0.2, 0.25) is 0 Å². The molecule has 2 saturated carbocycles. The van der Waals surface area contributed by atoms with Gasteiger partial charge in [-0.25, -0.2) is 4.68 Å². The lowest BCUT2D eigenvalue weighted by Crippen LogP contribution is -2.50. The molecule has 1 aliphatic heterocycles. The molecule has 7 heteroatoms. The maximum Gasteiger partial charge on any atom is 0.197 e. The lowest BCUT2D eigenvalue weighted by atomic mass is 9.87. The van der Waals surface area contributed by atoms with Crippen LogP contribution in [0.2, 0.25) is 0 Å². The van der Waals surface area contributed by atoms with Gasteiger partial charge in [0.15, 0.2) is 10.6 Å². The first-order valence-corrected chi connectivity index (χ1v) is 12.0. The van der Waals surface area contributed by atoms with Crippen LogP contribution in [0.1, 0.15) is 64.2 Å². The van der Waals surface area contributed by atoms with E-state index >= 15 is 0 Å². The maximum atomic E-state index is 6.40. The number of nitrogens with zero attached hydrogens (tertiary/aromatic N) is 4. The van der Waals surface area contributed by atoms with Crippen molar-refractivity contribution in [3.8, 4) is 0 Å². The molecule has 29 heavy (non-hydrogen) atoms. The molecule has 0 radical (unpaired) electrons. The van der Waals surface area contributed by atoms with E-state index in [-0.39, 0.29) is 0 Å². The molecule has 2 heterocycles. The van der Waals surface area contributed by atoms with E-state index in [0.717, 1.165) is 42.8 Å². The Kier molecular flexibility index (Phi) is 7.10. The van der Waals surface area contributed by atoms with Gasteiger partial charge in [-0.2, -0.15) is 5.10 Å². The van der Waals surface area contributed by atoms with Gasteiger partial charge in [0, 0.05) is 25.6 Å². The zero-order chi connectivity index (χ0) is 20.3. The Hall–Kier alpha value is -0.760. The predicted molar refractivity (Wildman–Crippen MR) is 116 cm³/mol. The van der Waals surface area contributed by atoms with Crippen molar-refractivity contribution in [1.29, 1.82) is 0 Å². The molecule has 6 nitrogen and oxygen atoms in total. The van der Waals surface area contributed by atoms with Gasteiger partial charge in [-0.3, -0.25) is 0 Å². The van der Waals surface area contributed by atoms with Crippen molar-refractivity contribution >= 4 is 12.2 Å². The van der Waals surface area contributed by atoms with Crippen molar-refractivity contribution in [1.82, 2.24) is 19.2 Å². The largest absolute Gasteiger partial charge is 0.348 e. The average Bonchev–Trinajstić information content (AvgIpc) is 3.46. The number of hydrogen-bond donors (Lipinski definition) is 0. The first-order valence-electron chi connectivity index (χ1n) is 11.6. The molecule has 0 N–H and O–H groups in total. The van der Waals surface area contributed by atoms with Crippen molar-refractivity contribution in [2.45, 2.75) is 82.6 Å². The predicted octanol–water partition coefficient (Wildman–Crippen LogP) is 4.16. The molecule has 1 aromatic heterocycles. The molecule has 0 amide bonds. The van der Waals surface area contributed by atoms with Crippen molar-refractivity contribution in [2.75, 3.05) is 26.8 Å². The second-order valence-corrected chi connectivity index (χ2v) is 9.86. The van der Waals surface area contributed by atoms with E-state index < -0.39 is 5.79 Å². The summed E-state index contributed by atoms with van der Waals surface area (Å²) in [4.78, 5) is 2.65. The first kappa shape index (κ1) is 21.5. The van der Waals surface area contributed by atoms with E-state index in [1.165, 1.54) is 57.9 Å². The fraction of sp³-hybridized carbons (Fsp3) is 0.909. The van der Waals surface area contributed by atoms with Crippen LogP contribution in [0.15, 0.2) is 6.33 Å². The molecule has 0 aromatic carbocycles. The molecule has 2 unspecified atom stereocenters. The Morgan fingerprint density at radius 2 is 1.76 bits per heavy atom. The number of aryl methyl sites for hydroxylation is 1. The summed E-state index contributed by atoms with van der Waals surface area (Å²) in [5.74, 6) is 0.791. The normalized spacial score (nSPS) is 28.7. The van der Waals surface area contributed by atoms with Gasteiger partial charge in [-0.05, 0) is 70.1 Å². The quantitative estimate of drug-likeness (QED) is 0.644. The summed E-state index contributed by atoms with van der Waals surface area (Å²) >= 11 is 5.55. The first-order chi connectivity index (χ1) is 14.1. The third-order valence-electron chi connectivity index (χ3n) is 7.16. The molecule has 164 valence electrons. The van der Waals surface area contributed by atoms with Gasteiger partial charge in [0.1, 0.15) is 6.33 Å². The number of hydrogen-bond acceptors (Lipinski definition) is 5. The summed E-state index contributed by atoms with van der Waals surface area (Å²) in [6.07, 6.45) is 14.4. The highest BCUT2D eigenvalue weighted by atomic mass is 32.1. The van der Waals surface area contributed by atoms with E-state index in [1.54, 1.807) is 6.33 Å². The Morgan fingerprint density at radius 1 is 1.07 bits per heavy atom. The Labute approximate surface area is 180 Å². The molecule has 2 atom stereocenters. The van der Waals surface area contributed by atoms with Crippen LogP contribution < -0.4 is 0 Å². The maximum absolute atomic E-state index is 6.40. The summed E-state index contributed by atoms with van der Waals surface area (Å²) in [6.45, 7) is 3.43. The highest BCUT2D eigenvalue weighted by molar-refractivity contribution is 7.71. The van der Waals surface area contributed by atoms with E-state index in [2.05, 4.69) is 17.0 Å². The van der Waals surface area contributed by atoms with Gasteiger partial charge in [-0.1, -0.05) is 19.3 Å². The zero-order valence-electron chi connectivity index (χ0n) is 18.2. The second kappa shape index (κ2) is 9.58. The monoisotopic (exact) mass is 422 g/mol. The highest BCUT2D eigenvalue weighted by Gasteiger charge is 2.43. The molecule has 0 spiro atoms. The number of aromatic nitrogens is 3. The minimum absolute atomic E-state index is 0.402. The third kappa shape index (κ3) is 5.30. The van der Waals surface area contributed by atoms with E-state index in [0.29, 0.717) is 12.5 Å². The number of rotatable bonds is 6. The molecular formula is C22H38N4O2S. The number of ether oxygens (including phenoxy) is 2. The van der Waals surface area contributed by atoms with Crippen molar-refractivity contribution in [3.05, 3.63) is 11.1 Å². The summed E-state index contributed by atoms with van der Waals surface area (Å²) in [7, 11) is 4.29. The van der Waals surface area contributed by atoms with Gasteiger partial charge in [-0.15, -0.1) is 0 Å². The van der Waals surface area contributed by atoms with Crippen LogP contribution in [0.5, 0.6) is 0 Å². The molecule has 4 rings (SSSR count). The molecule has 0 bridgehead atoms. The minimum atomic E-state index is -0.579. The van der Waals surface area contributed by atoms with Crippen LogP contribution in [0.3, 0.4) is 0 Å². The smallest absolute Gasteiger partial charge is 0.197 e. The third-order valence-corrected chi connectivity index (χ3v) is 7.66. The van der Waals surface area contributed by atoms with Crippen LogP contribution in [0, 0.1) is 16.6 Å². The van der Waals surface area contributed by atoms with Crippen LogP contribution in [-0.4, -0.2) is 57.9 Å². The van der Waals surface area contributed by atoms with Crippen molar-refractivity contribution < 1.29 is 9.47 Å². The Morgan fingerprint density at radius 3 is 2.45 bits per heavy atom. The molecule has 1 aromatic rings. The fourth-order valence-corrected chi connectivity index (χ4v) is 5.34. The van der Waals surface area contributed by atoms with Crippen LogP contribution >= 0.6 is 12.2 Å². The van der Waals surface area contributed by atoms with Crippen LogP contribution in [0.25, 0.3) is 0 Å². The minimum Gasteiger partial charge on any atom is -0.348 e. The van der Waals surface area contributed by atoms with Crippen molar-refractivity contribution in [2.24, 2.45) is 18.9 Å². The average molecular weight is 423 g/mol. The molecule has 2 aliphatic carbocycles. The Balaban J connectivity index is 1.44. The molecule has 1 saturated heterocycles. The van der Waals surface area contributed by atoms with Gasteiger partial charge in [0.25, 0.3) is 0 Å².